The molecule has 5 heteroatoms. The van der Waals surface area contributed by atoms with Crippen molar-refractivity contribution in [3.8, 4) is 0 Å². The van der Waals surface area contributed by atoms with Crippen molar-refractivity contribution in [2.45, 2.75) is 19.4 Å². The quantitative estimate of drug-likeness (QED) is 0.849. The zero-order valence-electron chi connectivity index (χ0n) is 11.5. The second-order valence-electron chi connectivity index (χ2n) is 5.46. The van der Waals surface area contributed by atoms with E-state index in [1.165, 1.54) is 0 Å². The van der Waals surface area contributed by atoms with Crippen LogP contribution in [-0.4, -0.2) is 41.0 Å². The van der Waals surface area contributed by atoms with Gasteiger partial charge in [-0.2, -0.15) is 0 Å². The Morgan fingerprint density at radius 3 is 2.55 bits per heavy atom. The average Bonchev–Trinajstić information content (AvgIpc) is 2.81. The fourth-order valence-corrected chi connectivity index (χ4v) is 2.66. The number of carboxylic acids is 1. The van der Waals surface area contributed by atoms with E-state index < -0.39 is 17.9 Å². The first-order valence-electron chi connectivity index (χ1n) is 6.80. The highest BCUT2D eigenvalue weighted by Gasteiger charge is 2.38. The molecule has 1 aliphatic heterocycles. The van der Waals surface area contributed by atoms with Crippen LogP contribution in [0.25, 0.3) is 0 Å². The van der Waals surface area contributed by atoms with Gasteiger partial charge in [0, 0.05) is 13.1 Å². The fourth-order valence-electron chi connectivity index (χ4n) is 2.66. The Hall–Kier alpha value is -1.88. The molecule has 108 valence electrons. The second-order valence-corrected chi connectivity index (χ2v) is 5.46. The highest BCUT2D eigenvalue weighted by atomic mass is 16.4. The van der Waals surface area contributed by atoms with Gasteiger partial charge < -0.3 is 15.7 Å². The van der Waals surface area contributed by atoms with Crippen LogP contribution in [0.1, 0.15) is 12.5 Å². The molecule has 1 aliphatic rings. The summed E-state index contributed by atoms with van der Waals surface area (Å²) in [6, 6.07) is 8.98. The number of hydrogen-bond donors (Lipinski definition) is 2. The zero-order valence-corrected chi connectivity index (χ0v) is 11.5. The number of carbonyl (C=O) groups excluding carboxylic acids is 1. The molecule has 1 aromatic carbocycles. The van der Waals surface area contributed by atoms with Gasteiger partial charge in [-0.1, -0.05) is 37.3 Å². The van der Waals surface area contributed by atoms with E-state index in [4.69, 9.17) is 10.8 Å². The monoisotopic (exact) mass is 276 g/mol. The van der Waals surface area contributed by atoms with Crippen molar-refractivity contribution in [2.75, 3.05) is 13.1 Å². The number of benzene rings is 1. The minimum absolute atomic E-state index is 0.0274. The topological polar surface area (TPSA) is 83.6 Å². The van der Waals surface area contributed by atoms with Crippen molar-refractivity contribution in [3.05, 3.63) is 35.9 Å². The number of rotatable bonds is 4. The van der Waals surface area contributed by atoms with Gasteiger partial charge >= 0.3 is 5.97 Å². The lowest BCUT2D eigenvalue weighted by Crippen LogP contribution is -2.44. The first-order valence-corrected chi connectivity index (χ1v) is 6.80. The number of nitrogens with zero attached hydrogens (tertiary/aromatic N) is 1. The number of carbonyl (C=O) groups is 2. The van der Waals surface area contributed by atoms with Crippen molar-refractivity contribution < 1.29 is 14.7 Å². The van der Waals surface area contributed by atoms with Crippen LogP contribution in [0.15, 0.2) is 30.3 Å². The maximum atomic E-state index is 12.3. The lowest BCUT2D eigenvalue weighted by Gasteiger charge is -2.20. The highest BCUT2D eigenvalue weighted by molar-refractivity contribution is 5.83. The molecule has 1 heterocycles. The van der Waals surface area contributed by atoms with Crippen molar-refractivity contribution in [1.82, 2.24) is 4.90 Å². The first-order chi connectivity index (χ1) is 9.49. The summed E-state index contributed by atoms with van der Waals surface area (Å²) >= 11 is 0. The van der Waals surface area contributed by atoms with Crippen LogP contribution in [-0.2, 0) is 16.0 Å². The minimum atomic E-state index is -0.843. The smallest absolute Gasteiger partial charge is 0.308 e. The van der Waals surface area contributed by atoms with E-state index in [1.807, 2.05) is 37.3 Å². The molecule has 0 aromatic heterocycles. The molecule has 1 aromatic rings. The largest absolute Gasteiger partial charge is 0.481 e. The molecule has 20 heavy (non-hydrogen) atoms. The van der Waals surface area contributed by atoms with Crippen LogP contribution < -0.4 is 5.73 Å². The Labute approximate surface area is 118 Å². The van der Waals surface area contributed by atoms with Crippen molar-refractivity contribution in [2.24, 2.45) is 17.6 Å². The van der Waals surface area contributed by atoms with E-state index in [1.54, 1.807) is 4.90 Å². The van der Waals surface area contributed by atoms with Gasteiger partial charge in [0.15, 0.2) is 0 Å². The highest BCUT2D eigenvalue weighted by Crippen LogP contribution is 2.23. The molecular formula is C15H20N2O3. The maximum absolute atomic E-state index is 12.3. The standard InChI is InChI=1S/C15H20N2O3/c1-10-8-17(9-12(10)15(19)20)14(18)13(16)7-11-5-3-2-4-6-11/h2-6,10,12-13H,7-9,16H2,1H3,(H,19,20)/t10-,12-,13-/m1/s1. The van der Waals surface area contributed by atoms with Crippen LogP contribution in [0.5, 0.6) is 0 Å². The van der Waals surface area contributed by atoms with Gasteiger partial charge in [0.1, 0.15) is 0 Å². The van der Waals surface area contributed by atoms with Crippen molar-refractivity contribution in [3.63, 3.8) is 0 Å². The molecule has 0 radical (unpaired) electrons. The number of nitrogens with two attached hydrogens (primary N) is 1. The van der Waals surface area contributed by atoms with E-state index in [0.29, 0.717) is 13.0 Å². The molecule has 0 bridgehead atoms. The van der Waals surface area contributed by atoms with Gasteiger partial charge in [-0.25, -0.2) is 0 Å². The molecule has 1 saturated heterocycles. The molecule has 0 aliphatic carbocycles. The number of aliphatic carboxylic acids is 1. The van der Waals surface area contributed by atoms with Crippen LogP contribution in [0.3, 0.4) is 0 Å². The summed E-state index contributed by atoms with van der Waals surface area (Å²) in [5, 5.41) is 9.09. The van der Waals surface area contributed by atoms with Gasteiger partial charge in [-0.05, 0) is 17.9 Å². The first kappa shape index (κ1) is 14.5. The van der Waals surface area contributed by atoms with Crippen molar-refractivity contribution >= 4 is 11.9 Å². The van der Waals surface area contributed by atoms with Gasteiger partial charge in [0.2, 0.25) is 5.91 Å². The van der Waals surface area contributed by atoms with Gasteiger partial charge in [-0.15, -0.1) is 0 Å². The Bertz CT molecular complexity index is 489. The van der Waals surface area contributed by atoms with E-state index in [-0.39, 0.29) is 18.4 Å². The molecule has 1 amide bonds. The van der Waals surface area contributed by atoms with Crippen molar-refractivity contribution in [1.29, 1.82) is 0 Å². The van der Waals surface area contributed by atoms with Gasteiger partial charge in [-0.3, -0.25) is 9.59 Å². The van der Waals surface area contributed by atoms with Crippen LogP contribution in [0.2, 0.25) is 0 Å². The summed E-state index contributed by atoms with van der Waals surface area (Å²) in [5.74, 6) is -1.52. The van der Waals surface area contributed by atoms with Gasteiger partial charge in [0.05, 0.1) is 12.0 Å². The van der Waals surface area contributed by atoms with Crippen LogP contribution >= 0.6 is 0 Å². The lowest BCUT2D eigenvalue weighted by molar-refractivity contribution is -0.142. The SMILES string of the molecule is C[C@@H]1CN(C(=O)[C@H](N)Cc2ccccc2)C[C@H]1C(=O)O. The molecule has 2 rings (SSSR count). The number of carboxylic acid groups (broad SMARTS) is 1. The molecule has 1 fully saturated rings. The molecule has 0 unspecified atom stereocenters. The molecule has 0 spiro atoms. The molecule has 0 saturated carbocycles. The van der Waals surface area contributed by atoms with E-state index >= 15 is 0 Å². The molecular weight excluding hydrogens is 256 g/mol. The maximum Gasteiger partial charge on any atom is 0.308 e. The zero-order chi connectivity index (χ0) is 14.7. The third kappa shape index (κ3) is 3.17. The van der Waals surface area contributed by atoms with E-state index in [0.717, 1.165) is 5.56 Å². The Morgan fingerprint density at radius 1 is 1.35 bits per heavy atom. The van der Waals surface area contributed by atoms with E-state index in [2.05, 4.69) is 0 Å². The van der Waals surface area contributed by atoms with Gasteiger partial charge in [0.25, 0.3) is 0 Å². The Balaban J connectivity index is 1.96. The molecule has 3 N–H and O–H groups in total. The van der Waals surface area contributed by atoms with E-state index in [9.17, 15) is 9.59 Å². The Morgan fingerprint density at radius 2 is 2.00 bits per heavy atom. The predicted octanol–water partition coefficient (Wildman–Crippen LogP) is 0.735. The van der Waals surface area contributed by atoms with Crippen LogP contribution in [0.4, 0.5) is 0 Å². The third-order valence-electron chi connectivity index (χ3n) is 3.86. The number of hydrogen-bond acceptors (Lipinski definition) is 3. The summed E-state index contributed by atoms with van der Waals surface area (Å²) in [4.78, 5) is 24.9. The van der Waals surface area contributed by atoms with Crippen LogP contribution in [0, 0.1) is 11.8 Å². The third-order valence-corrected chi connectivity index (χ3v) is 3.86. The predicted molar refractivity (Wildman–Crippen MR) is 75.0 cm³/mol. The second kappa shape index (κ2) is 6.05. The molecule has 3 atom stereocenters. The summed E-state index contributed by atoms with van der Waals surface area (Å²) in [6.45, 7) is 2.59. The fraction of sp³-hybridized carbons (Fsp3) is 0.467. The average molecular weight is 276 g/mol. The summed E-state index contributed by atoms with van der Waals surface area (Å²) in [7, 11) is 0. The summed E-state index contributed by atoms with van der Waals surface area (Å²) < 4.78 is 0. The normalized spacial score (nSPS) is 23.6. The Kier molecular flexibility index (Phi) is 4.39. The summed E-state index contributed by atoms with van der Waals surface area (Å²) in [5.41, 5.74) is 6.97. The number of amides is 1. The molecule has 5 nitrogen and oxygen atoms in total. The summed E-state index contributed by atoms with van der Waals surface area (Å²) in [6.07, 6.45) is 0.474. The minimum Gasteiger partial charge on any atom is -0.481 e. The number of likely N-dealkylation sites (tertiary alicyclic amines) is 1. The lowest BCUT2D eigenvalue weighted by atomic mass is 9.99.